The molecule has 0 saturated carbocycles. The molecule has 6 heteroatoms. The Bertz CT molecular complexity index is 382. The van der Waals surface area contributed by atoms with Crippen LogP contribution in [0.5, 0.6) is 0 Å². The summed E-state index contributed by atoms with van der Waals surface area (Å²) in [6, 6.07) is 2.55. The molecule has 0 unspecified atom stereocenters. The highest BCUT2D eigenvalue weighted by Gasteiger charge is 2.09. The van der Waals surface area contributed by atoms with Crippen LogP contribution in [0, 0.1) is 10.1 Å². The molecular weight excluding hydrogens is 218 g/mol. The zero-order valence-corrected chi connectivity index (χ0v) is 8.70. The Labute approximate surface area is 91.9 Å². The molecule has 1 aromatic heterocycles. The number of halogens is 1. The third-order valence-corrected chi connectivity index (χ3v) is 1.84. The fourth-order valence-corrected chi connectivity index (χ4v) is 1.18. The predicted octanol–water partition coefficient (Wildman–Crippen LogP) is 2.63. The normalized spacial score (nSPS) is 9.67. The molecule has 0 aliphatic carbocycles. The molecule has 0 bridgehead atoms. The van der Waals surface area contributed by atoms with E-state index < -0.39 is 4.92 Å². The minimum Gasteiger partial charge on any atom is -0.370 e. The van der Waals surface area contributed by atoms with Crippen molar-refractivity contribution in [1.82, 2.24) is 4.98 Å². The van der Waals surface area contributed by atoms with Crippen molar-refractivity contribution in [2.45, 2.75) is 6.42 Å². The zero-order chi connectivity index (χ0) is 11.3. The molecule has 0 radical (unpaired) electrons. The number of anilines is 1. The number of nitrogens with one attached hydrogen (secondary N) is 1. The van der Waals surface area contributed by atoms with E-state index >= 15 is 0 Å². The lowest BCUT2D eigenvalue weighted by Crippen LogP contribution is -2.03. The van der Waals surface area contributed by atoms with Crippen LogP contribution in [0.3, 0.4) is 0 Å². The highest BCUT2D eigenvalue weighted by molar-refractivity contribution is 6.29. The van der Waals surface area contributed by atoms with Crippen LogP contribution in [0.4, 0.5) is 11.5 Å². The molecule has 1 heterocycles. The van der Waals surface area contributed by atoms with Crippen molar-refractivity contribution in [3.05, 3.63) is 40.1 Å². The van der Waals surface area contributed by atoms with Crippen LogP contribution in [0.15, 0.2) is 24.8 Å². The first-order chi connectivity index (χ1) is 7.13. The summed E-state index contributed by atoms with van der Waals surface area (Å²) in [4.78, 5) is 13.9. The highest BCUT2D eigenvalue weighted by atomic mass is 35.5. The van der Waals surface area contributed by atoms with Crippen molar-refractivity contribution in [1.29, 1.82) is 0 Å². The molecular formula is C9H10ClN3O2. The number of hydrogen-bond acceptors (Lipinski definition) is 4. The van der Waals surface area contributed by atoms with Crippen molar-refractivity contribution in [2.75, 3.05) is 11.9 Å². The molecule has 5 nitrogen and oxygen atoms in total. The van der Waals surface area contributed by atoms with Crippen LogP contribution >= 0.6 is 11.6 Å². The van der Waals surface area contributed by atoms with Crippen LogP contribution in [0.1, 0.15) is 6.42 Å². The summed E-state index contributed by atoms with van der Waals surface area (Å²) in [7, 11) is 0. The van der Waals surface area contributed by atoms with Gasteiger partial charge in [0.25, 0.3) is 5.69 Å². The van der Waals surface area contributed by atoms with Crippen molar-refractivity contribution in [3.63, 3.8) is 0 Å². The SMILES string of the molecule is C=CCCNc1cc([N+](=O)[O-])cc(Cl)n1. The third-order valence-electron chi connectivity index (χ3n) is 1.64. The largest absolute Gasteiger partial charge is 0.370 e. The van der Waals surface area contributed by atoms with E-state index in [1.54, 1.807) is 6.08 Å². The summed E-state index contributed by atoms with van der Waals surface area (Å²) in [6.45, 7) is 4.18. The number of hydrogen-bond donors (Lipinski definition) is 1. The summed E-state index contributed by atoms with van der Waals surface area (Å²) >= 11 is 5.63. The average Bonchev–Trinajstić information content (AvgIpc) is 2.17. The Hall–Kier alpha value is -1.62. The van der Waals surface area contributed by atoms with Crippen LogP contribution in [-0.2, 0) is 0 Å². The maximum Gasteiger partial charge on any atom is 0.276 e. The number of aromatic nitrogens is 1. The van der Waals surface area contributed by atoms with E-state index in [1.165, 1.54) is 12.1 Å². The van der Waals surface area contributed by atoms with Gasteiger partial charge >= 0.3 is 0 Å². The number of nitrogens with zero attached hydrogens (tertiary/aromatic N) is 2. The number of nitro groups is 1. The summed E-state index contributed by atoms with van der Waals surface area (Å²) in [5.74, 6) is 0.399. The molecule has 0 fully saturated rings. The molecule has 0 aliphatic heterocycles. The molecule has 0 saturated heterocycles. The Morgan fingerprint density at radius 3 is 3.00 bits per heavy atom. The second-order valence-corrected chi connectivity index (χ2v) is 3.18. The molecule has 0 spiro atoms. The first kappa shape index (κ1) is 11.5. The third kappa shape index (κ3) is 3.55. The van der Waals surface area contributed by atoms with Gasteiger partial charge in [-0.1, -0.05) is 17.7 Å². The quantitative estimate of drug-likeness (QED) is 0.276. The Balaban J connectivity index is 2.79. The van der Waals surface area contributed by atoms with Crippen molar-refractivity contribution >= 4 is 23.1 Å². The molecule has 1 aromatic rings. The minimum atomic E-state index is -0.508. The highest BCUT2D eigenvalue weighted by Crippen LogP contribution is 2.20. The van der Waals surface area contributed by atoms with Gasteiger partial charge in [0.15, 0.2) is 0 Å². The first-order valence-electron chi connectivity index (χ1n) is 4.30. The van der Waals surface area contributed by atoms with Gasteiger partial charge in [-0.05, 0) is 6.42 Å². The van der Waals surface area contributed by atoms with Gasteiger partial charge in [0.05, 0.1) is 17.1 Å². The monoisotopic (exact) mass is 227 g/mol. The zero-order valence-electron chi connectivity index (χ0n) is 7.94. The second-order valence-electron chi connectivity index (χ2n) is 2.79. The predicted molar refractivity (Wildman–Crippen MR) is 59.2 cm³/mol. The molecule has 80 valence electrons. The molecule has 0 atom stereocenters. The van der Waals surface area contributed by atoms with Crippen molar-refractivity contribution in [3.8, 4) is 0 Å². The molecule has 1 N–H and O–H groups in total. The van der Waals surface area contributed by atoms with Gasteiger partial charge in [0.1, 0.15) is 11.0 Å². The molecule has 0 amide bonds. The Morgan fingerprint density at radius 2 is 2.40 bits per heavy atom. The van der Waals surface area contributed by atoms with Gasteiger partial charge in [-0.2, -0.15) is 0 Å². The lowest BCUT2D eigenvalue weighted by Gasteiger charge is -2.03. The van der Waals surface area contributed by atoms with E-state index in [1.807, 2.05) is 0 Å². The fourth-order valence-electron chi connectivity index (χ4n) is 0.982. The summed E-state index contributed by atoms with van der Waals surface area (Å²) < 4.78 is 0. The van der Waals surface area contributed by atoms with Crippen molar-refractivity contribution in [2.24, 2.45) is 0 Å². The van der Waals surface area contributed by atoms with Gasteiger partial charge in [-0.3, -0.25) is 10.1 Å². The van der Waals surface area contributed by atoms with Gasteiger partial charge in [0.2, 0.25) is 0 Å². The average molecular weight is 228 g/mol. The van der Waals surface area contributed by atoms with E-state index in [-0.39, 0.29) is 10.8 Å². The molecule has 1 rings (SSSR count). The lowest BCUT2D eigenvalue weighted by atomic mass is 10.3. The Morgan fingerprint density at radius 1 is 1.67 bits per heavy atom. The molecule has 0 aliphatic rings. The van der Waals surface area contributed by atoms with Gasteiger partial charge < -0.3 is 5.32 Å². The van der Waals surface area contributed by atoms with E-state index in [0.717, 1.165) is 6.42 Å². The van der Waals surface area contributed by atoms with Crippen LogP contribution in [-0.4, -0.2) is 16.5 Å². The topological polar surface area (TPSA) is 68.1 Å². The van der Waals surface area contributed by atoms with E-state index in [9.17, 15) is 10.1 Å². The van der Waals surface area contributed by atoms with Crippen LogP contribution in [0.25, 0.3) is 0 Å². The molecule has 0 aromatic carbocycles. The molecule has 15 heavy (non-hydrogen) atoms. The number of rotatable bonds is 5. The van der Waals surface area contributed by atoms with Gasteiger partial charge in [-0.25, -0.2) is 4.98 Å². The lowest BCUT2D eigenvalue weighted by molar-refractivity contribution is -0.384. The summed E-state index contributed by atoms with van der Waals surface area (Å²) in [5, 5.41) is 13.5. The van der Waals surface area contributed by atoms with E-state index in [2.05, 4.69) is 16.9 Å². The second kappa shape index (κ2) is 5.31. The number of pyridine rings is 1. The minimum absolute atomic E-state index is 0.0731. The van der Waals surface area contributed by atoms with Crippen LogP contribution < -0.4 is 5.32 Å². The maximum atomic E-state index is 10.5. The Kier molecular flexibility index (Phi) is 4.05. The van der Waals surface area contributed by atoms with Gasteiger partial charge in [-0.15, -0.1) is 6.58 Å². The summed E-state index contributed by atoms with van der Waals surface area (Å²) in [6.07, 6.45) is 2.49. The fraction of sp³-hybridized carbons (Fsp3) is 0.222. The smallest absolute Gasteiger partial charge is 0.276 e. The van der Waals surface area contributed by atoms with E-state index in [0.29, 0.717) is 12.4 Å². The van der Waals surface area contributed by atoms with Crippen molar-refractivity contribution < 1.29 is 4.92 Å². The first-order valence-corrected chi connectivity index (χ1v) is 4.68. The standard InChI is InChI=1S/C9H10ClN3O2/c1-2-3-4-11-9-6-7(13(14)15)5-8(10)12-9/h2,5-6H,1,3-4H2,(H,11,12). The maximum absolute atomic E-state index is 10.5. The van der Waals surface area contributed by atoms with E-state index in [4.69, 9.17) is 11.6 Å². The summed E-state index contributed by atoms with van der Waals surface area (Å²) in [5.41, 5.74) is -0.0731. The van der Waals surface area contributed by atoms with Crippen LogP contribution in [0.2, 0.25) is 5.15 Å². The van der Waals surface area contributed by atoms with Gasteiger partial charge in [0, 0.05) is 6.54 Å².